The van der Waals surface area contributed by atoms with Crippen LogP contribution < -0.4 is 11.1 Å². The zero-order chi connectivity index (χ0) is 20.3. The number of benzene rings is 3. The average molecular weight is 379 g/mol. The van der Waals surface area contributed by atoms with Gasteiger partial charge in [-0.3, -0.25) is 14.9 Å². The molecule has 0 aliphatic heterocycles. The predicted molar refractivity (Wildman–Crippen MR) is 105 cm³/mol. The summed E-state index contributed by atoms with van der Waals surface area (Å²) in [6.07, 6.45) is -1.10. The Morgan fingerprint density at radius 2 is 1.79 bits per heavy atom. The number of fused-ring (bicyclic) bond motifs is 1. The summed E-state index contributed by atoms with van der Waals surface area (Å²) >= 11 is 0. The van der Waals surface area contributed by atoms with E-state index in [9.17, 15) is 19.7 Å². The molecule has 3 rings (SSSR count). The lowest BCUT2D eigenvalue weighted by Gasteiger charge is -2.14. The Hall–Kier alpha value is -3.94. The van der Waals surface area contributed by atoms with E-state index in [-0.39, 0.29) is 11.3 Å². The van der Waals surface area contributed by atoms with E-state index < -0.39 is 28.6 Å². The van der Waals surface area contributed by atoms with Crippen molar-refractivity contribution in [3.05, 3.63) is 76.3 Å². The summed E-state index contributed by atoms with van der Waals surface area (Å²) < 4.78 is 5.12. The van der Waals surface area contributed by atoms with Gasteiger partial charge in [-0.2, -0.15) is 0 Å². The number of nitrogens with two attached hydrogens (primary N) is 1. The van der Waals surface area contributed by atoms with Crippen molar-refractivity contribution in [2.24, 2.45) is 0 Å². The first-order chi connectivity index (χ1) is 13.3. The van der Waals surface area contributed by atoms with Crippen LogP contribution in [-0.4, -0.2) is 22.9 Å². The Bertz CT molecular complexity index is 1080. The molecule has 1 atom stereocenters. The molecule has 8 nitrogen and oxygen atoms in total. The van der Waals surface area contributed by atoms with E-state index in [0.29, 0.717) is 5.69 Å². The number of amides is 1. The number of carbonyl (C=O) groups is 2. The molecular formula is C20H17N3O5. The third-order valence-electron chi connectivity index (χ3n) is 4.13. The number of ether oxygens (including phenoxy) is 1. The van der Waals surface area contributed by atoms with Crippen molar-refractivity contribution in [1.82, 2.24) is 0 Å². The van der Waals surface area contributed by atoms with E-state index in [1.807, 2.05) is 36.4 Å². The number of esters is 1. The molecule has 0 unspecified atom stereocenters. The van der Waals surface area contributed by atoms with Crippen molar-refractivity contribution < 1.29 is 19.2 Å². The first-order valence-corrected chi connectivity index (χ1v) is 8.39. The topological polar surface area (TPSA) is 125 Å². The molecule has 0 saturated heterocycles. The smallest absolute Gasteiger partial charge is 0.339 e. The second-order valence-electron chi connectivity index (χ2n) is 6.13. The van der Waals surface area contributed by atoms with Crippen LogP contribution in [-0.2, 0) is 9.53 Å². The molecule has 0 aromatic heterocycles. The third kappa shape index (κ3) is 4.07. The van der Waals surface area contributed by atoms with Gasteiger partial charge in [0.25, 0.3) is 11.6 Å². The highest BCUT2D eigenvalue weighted by Crippen LogP contribution is 2.23. The molecule has 3 N–H and O–H groups in total. The van der Waals surface area contributed by atoms with Gasteiger partial charge >= 0.3 is 5.97 Å². The third-order valence-corrected chi connectivity index (χ3v) is 4.13. The molecule has 0 radical (unpaired) electrons. The number of nitrogens with zero attached hydrogens (tertiary/aromatic N) is 1. The summed E-state index contributed by atoms with van der Waals surface area (Å²) in [6, 6.07) is 16.7. The number of hydrogen-bond acceptors (Lipinski definition) is 6. The minimum absolute atomic E-state index is 0.0637. The molecule has 0 bridgehead atoms. The second kappa shape index (κ2) is 7.75. The standard InChI is InChI=1S/C20H17N3O5/c1-12(28-20(25)15-7-9-17(21)18(11-15)23(26)27)19(24)22-16-8-6-13-4-2-3-5-14(13)10-16/h2-12H,21H2,1H3,(H,22,24)/t12-/m0/s1. The molecular weight excluding hydrogens is 362 g/mol. The molecule has 0 fully saturated rings. The maximum Gasteiger partial charge on any atom is 0.339 e. The number of anilines is 2. The number of nitro benzene ring substituents is 1. The van der Waals surface area contributed by atoms with Crippen LogP contribution in [0.4, 0.5) is 17.1 Å². The Morgan fingerprint density at radius 1 is 1.07 bits per heavy atom. The highest BCUT2D eigenvalue weighted by Gasteiger charge is 2.21. The van der Waals surface area contributed by atoms with E-state index in [2.05, 4.69) is 5.32 Å². The molecule has 0 heterocycles. The molecule has 0 aliphatic carbocycles. The van der Waals surface area contributed by atoms with Gasteiger partial charge in [0.1, 0.15) is 5.69 Å². The number of hydrogen-bond donors (Lipinski definition) is 2. The Labute approximate surface area is 160 Å². The first kappa shape index (κ1) is 18.8. The fourth-order valence-electron chi connectivity index (χ4n) is 2.62. The van der Waals surface area contributed by atoms with Crippen molar-refractivity contribution in [2.45, 2.75) is 13.0 Å². The monoisotopic (exact) mass is 379 g/mol. The van der Waals surface area contributed by atoms with Gasteiger partial charge in [0, 0.05) is 11.8 Å². The van der Waals surface area contributed by atoms with Gasteiger partial charge in [-0.15, -0.1) is 0 Å². The predicted octanol–water partition coefficient (Wildman–Crippen LogP) is 3.51. The van der Waals surface area contributed by atoms with Crippen molar-refractivity contribution >= 4 is 39.7 Å². The molecule has 142 valence electrons. The van der Waals surface area contributed by atoms with Crippen LogP contribution in [0.1, 0.15) is 17.3 Å². The summed E-state index contributed by atoms with van der Waals surface area (Å²) in [5.74, 6) is -1.38. The highest BCUT2D eigenvalue weighted by molar-refractivity contribution is 5.99. The van der Waals surface area contributed by atoms with Crippen LogP contribution in [0.3, 0.4) is 0 Å². The van der Waals surface area contributed by atoms with Crippen LogP contribution in [0.25, 0.3) is 10.8 Å². The molecule has 8 heteroatoms. The average Bonchev–Trinajstić information content (AvgIpc) is 2.67. The Kier molecular flexibility index (Phi) is 5.21. The molecule has 0 aliphatic rings. The summed E-state index contributed by atoms with van der Waals surface area (Å²) in [5, 5.41) is 15.6. The Balaban J connectivity index is 1.68. The summed E-state index contributed by atoms with van der Waals surface area (Å²) in [4.78, 5) is 34.8. The normalized spacial score (nSPS) is 11.6. The van der Waals surface area contributed by atoms with Crippen molar-refractivity contribution in [2.75, 3.05) is 11.1 Å². The maximum absolute atomic E-state index is 12.3. The van der Waals surface area contributed by atoms with Gasteiger partial charge in [-0.25, -0.2) is 4.79 Å². The largest absolute Gasteiger partial charge is 0.449 e. The number of nitrogens with one attached hydrogen (secondary N) is 1. The number of carbonyl (C=O) groups excluding carboxylic acids is 2. The fraction of sp³-hybridized carbons (Fsp3) is 0.100. The van der Waals surface area contributed by atoms with Crippen LogP contribution in [0.5, 0.6) is 0 Å². The van der Waals surface area contributed by atoms with Gasteiger partial charge < -0.3 is 15.8 Å². The van der Waals surface area contributed by atoms with Gasteiger partial charge in [-0.1, -0.05) is 30.3 Å². The summed E-state index contributed by atoms with van der Waals surface area (Å²) in [7, 11) is 0. The quantitative estimate of drug-likeness (QED) is 0.302. The zero-order valence-electron chi connectivity index (χ0n) is 14.9. The number of nitrogen functional groups attached to an aromatic ring is 1. The van der Waals surface area contributed by atoms with Crippen molar-refractivity contribution in [3.8, 4) is 0 Å². The summed E-state index contributed by atoms with van der Waals surface area (Å²) in [6.45, 7) is 1.42. The van der Waals surface area contributed by atoms with Crippen LogP contribution in [0, 0.1) is 10.1 Å². The van der Waals surface area contributed by atoms with Crippen LogP contribution in [0.15, 0.2) is 60.7 Å². The lowest BCUT2D eigenvalue weighted by molar-refractivity contribution is -0.383. The Morgan fingerprint density at radius 3 is 2.50 bits per heavy atom. The van der Waals surface area contributed by atoms with Crippen LogP contribution in [0.2, 0.25) is 0 Å². The molecule has 3 aromatic rings. The lowest BCUT2D eigenvalue weighted by atomic mass is 10.1. The van der Waals surface area contributed by atoms with Crippen LogP contribution >= 0.6 is 0 Å². The highest BCUT2D eigenvalue weighted by atomic mass is 16.6. The number of rotatable bonds is 5. The van der Waals surface area contributed by atoms with E-state index in [4.69, 9.17) is 10.5 Å². The van der Waals surface area contributed by atoms with Gasteiger partial charge in [0.15, 0.2) is 6.10 Å². The van der Waals surface area contributed by atoms with Crippen molar-refractivity contribution in [3.63, 3.8) is 0 Å². The molecule has 1 amide bonds. The minimum Gasteiger partial charge on any atom is -0.449 e. The van der Waals surface area contributed by atoms with E-state index in [1.54, 1.807) is 6.07 Å². The van der Waals surface area contributed by atoms with E-state index in [0.717, 1.165) is 16.8 Å². The summed E-state index contributed by atoms with van der Waals surface area (Å²) in [5.41, 5.74) is 5.54. The number of nitro groups is 1. The van der Waals surface area contributed by atoms with E-state index in [1.165, 1.54) is 19.1 Å². The first-order valence-electron chi connectivity index (χ1n) is 8.39. The zero-order valence-corrected chi connectivity index (χ0v) is 14.9. The van der Waals surface area contributed by atoms with E-state index >= 15 is 0 Å². The lowest BCUT2D eigenvalue weighted by Crippen LogP contribution is -2.30. The van der Waals surface area contributed by atoms with Gasteiger partial charge in [-0.05, 0) is 42.0 Å². The molecule has 0 spiro atoms. The van der Waals surface area contributed by atoms with Crippen molar-refractivity contribution in [1.29, 1.82) is 0 Å². The fourth-order valence-corrected chi connectivity index (χ4v) is 2.62. The van der Waals surface area contributed by atoms with Gasteiger partial charge in [0.05, 0.1) is 10.5 Å². The molecule has 0 saturated carbocycles. The maximum atomic E-state index is 12.3. The second-order valence-corrected chi connectivity index (χ2v) is 6.13. The molecule has 28 heavy (non-hydrogen) atoms. The van der Waals surface area contributed by atoms with Gasteiger partial charge in [0.2, 0.25) is 0 Å². The minimum atomic E-state index is -1.10. The molecule has 3 aromatic carbocycles. The SMILES string of the molecule is C[C@H](OC(=O)c1ccc(N)c([N+](=O)[O-])c1)C(=O)Nc1ccc2ccccc2c1.